The molecule has 514 valence electrons. The summed E-state index contributed by atoms with van der Waals surface area (Å²) in [5.41, 5.74) is 5.99. The number of carboxylic acids is 7. The lowest BCUT2D eigenvalue weighted by atomic mass is 9.82. The quantitative estimate of drug-likeness (QED) is 0.0283. The fourth-order valence-corrected chi connectivity index (χ4v) is 9.44. The van der Waals surface area contributed by atoms with Crippen molar-refractivity contribution in [3.8, 4) is 0 Å². The smallest absolute Gasteiger partial charge is 0.326 e. The number of aryl methyl sites for hydroxylation is 2. The van der Waals surface area contributed by atoms with Gasteiger partial charge in [0, 0.05) is 93.1 Å². The highest BCUT2D eigenvalue weighted by Crippen LogP contribution is 2.28. The zero-order valence-electron chi connectivity index (χ0n) is 51.2. The number of anilines is 3. The first-order chi connectivity index (χ1) is 45.0. The monoisotopic (exact) mass is 1330 g/mol. The van der Waals surface area contributed by atoms with Crippen LogP contribution in [-0.4, -0.2) is 177 Å². The second-order valence-electron chi connectivity index (χ2n) is 22.0. The summed E-state index contributed by atoms with van der Waals surface area (Å²) in [6.07, 6.45) is -1.65. The maximum Gasteiger partial charge on any atom is 0.326 e. The van der Waals surface area contributed by atoms with Crippen LogP contribution in [0.25, 0.3) is 0 Å². The zero-order valence-corrected chi connectivity index (χ0v) is 51.2. The SMILES string of the molecule is NC(=O)N[C@@H](Cc1ccc(NC(=O)CCC(CCC(=O)Nc2ccc(C[C@H](NC(=O)N[C@@H](CCC(=O)O)C(=O)O)C(=O)O)cc2)(CCC(=O)Nc2ccc(C[C@H](NC(=O)N[C@@H](CCC(=O)O)C(=O)O)C(=O)O)cc2)NC(=O)CCCCn2cc(CCCF)nn2)cc1)C(=O)O. The topological polar surface area (TPSA) is 546 Å². The molecule has 34 nitrogen and oxygen atoms in total. The van der Waals surface area contributed by atoms with Crippen LogP contribution < -0.4 is 53.6 Å². The van der Waals surface area contributed by atoms with Crippen LogP contribution in [0.15, 0.2) is 79.0 Å². The number of hydrogen-bond donors (Lipinski definition) is 17. The van der Waals surface area contributed by atoms with Gasteiger partial charge in [-0.3, -0.25) is 37.8 Å². The van der Waals surface area contributed by atoms with E-state index in [9.17, 15) is 97.0 Å². The molecule has 0 saturated heterocycles. The Morgan fingerprint density at radius 2 is 0.811 bits per heavy atom. The molecular weight excluding hydrogens is 1260 g/mol. The van der Waals surface area contributed by atoms with Crippen LogP contribution in [0.1, 0.15) is 112 Å². The van der Waals surface area contributed by atoms with E-state index in [1.807, 2.05) is 10.6 Å². The van der Waals surface area contributed by atoms with Crippen molar-refractivity contribution in [2.24, 2.45) is 5.73 Å². The Balaban J connectivity index is 1.58. The Morgan fingerprint density at radius 1 is 0.453 bits per heavy atom. The summed E-state index contributed by atoms with van der Waals surface area (Å²) >= 11 is 0. The Bertz CT molecular complexity index is 3220. The molecule has 35 heteroatoms. The van der Waals surface area contributed by atoms with Crippen molar-refractivity contribution in [2.45, 2.75) is 158 Å². The largest absolute Gasteiger partial charge is 0.481 e. The van der Waals surface area contributed by atoms with Crippen LogP contribution in [-0.2, 0) is 85.0 Å². The number of primary amides is 1. The molecule has 0 aliphatic rings. The second-order valence-corrected chi connectivity index (χ2v) is 22.0. The summed E-state index contributed by atoms with van der Waals surface area (Å²) in [5, 5.41) is 95.8. The molecule has 0 radical (unpaired) electrons. The number of rotatable bonds is 43. The molecule has 4 rings (SSSR count). The number of nitrogens with one attached hydrogen (secondary N) is 9. The maximum atomic E-state index is 14.1. The molecule has 95 heavy (non-hydrogen) atoms. The lowest BCUT2D eigenvalue weighted by molar-refractivity contribution is -0.142. The van der Waals surface area contributed by atoms with E-state index >= 15 is 0 Å². The molecule has 18 N–H and O–H groups in total. The first-order valence-corrected chi connectivity index (χ1v) is 29.7. The van der Waals surface area contributed by atoms with E-state index < -0.39 is 152 Å². The number of halogens is 1. The van der Waals surface area contributed by atoms with Crippen LogP contribution in [0.5, 0.6) is 0 Å². The van der Waals surface area contributed by atoms with Crippen molar-refractivity contribution < 1.29 is 107 Å². The van der Waals surface area contributed by atoms with Crippen LogP contribution in [0, 0.1) is 0 Å². The van der Waals surface area contributed by atoms with Crippen LogP contribution >= 0.6 is 0 Å². The van der Waals surface area contributed by atoms with Gasteiger partial charge in [0.1, 0.15) is 30.2 Å². The van der Waals surface area contributed by atoms with Gasteiger partial charge in [-0.25, -0.2) is 38.4 Å². The molecule has 5 atom stereocenters. The molecule has 1 heterocycles. The summed E-state index contributed by atoms with van der Waals surface area (Å²) in [6.45, 7) is -0.190. The van der Waals surface area contributed by atoms with Gasteiger partial charge in [-0.1, -0.05) is 41.6 Å². The zero-order chi connectivity index (χ0) is 70.2. The summed E-state index contributed by atoms with van der Waals surface area (Å²) in [4.78, 5) is 174. The Labute approximate surface area is 540 Å². The maximum absolute atomic E-state index is 14.1. The average Bonchev–Trinajstić information content (AvgIpc) is 1.52. The summed E-state index contributed by atoms with van der Waals surface area (Å²) < 4.78 is 14.3. The van der Waals surface area contributed by atoms with Gasteiger partial charge >= 0.3 is 59.9 Å². The number of urea groups is 3. The van der Waals surface area contributed by atoms with Gasteiger partial charge in [0.2, 0.25) is 23.6 Å². The minimum absolute atomic E-state index is 0.0877. The number of carbonyl (C=O) groups is 14. The van der Waals surface area contributed by atoms with Gasteiger partial charge in [-0.05, 0) is 111 Å². The summed E-state index contributed by atoms with van der Waals surface area (Å²) in [6, 6.07) is 6.09. The highest BCUT2D eigenvalue weighted by atomic mass is 19.1. The van der Waals surface area contributed by atoms with Gasteiger partial charge in [-0.15, -0.1) is 5.10 Å². The van der Waals surface area contributed by atoms with Gasteiger partial charge in [0.05, 0.1) is 12.4 Å². The van der Waals surface area contributed by atoms with Crippen molar-refractivity contribution >= 4 is 101 Å². The molecular formula is C60H76FN13O21. The normalized spacial score (nSPS) is 12.6. The van der Waals surface area contributed by atoms with E-state index in [1.54, 1.807) is 10.9 Å². The molecule has 1 aromatic heterocycles. The van der Waals surface area contributed by atoms with Gasteiger partial charge in [0.25, 0.3) is 0 Å². The first-order valence-electron chi connectivity index (χ1n) is 29.7. The molecule has 0 spiro atoms. The van der Waals surface area contributed by atoms with Crippen molar-refractivity contribution in [2.75, 3.05) is 22.6 Å². The van der Waals surface area contributed by atoms with Crippen molar-refractivity contribution in [3.05, 3.63) is 101 Å². The van der Waals surface area contributed by atoms with Crippen molar-refractivity contribution in [3.63, 3.8) is 0 Å². The van der Waals surface area contributed by atoms with Crippen molar-refractivity contribution in [1.82, 2.24) is 46.9 Å². The van der Waals surface area contributed by atoms with Crippen LogP contribution in [0.3, 0.4) is 0 Å². The number of nitrogens with two attached hydrogens (primary N) is 1. The minimum atomic E-state index is -1.64. The number of carboxylic acid groups (broad SMARTS) is 7. The Kier molecular flexibility index (Phi) is 30.9. The molecule has 0 bridgehead atoms. The predicted octanol–water partition coefficient (Wildman–Crippen LogP) is 2.35. The van der Waals surface area contributed by atoms with Crippen molar-refractivity contribution in [1.29, 1.82) is 0 Å². The van der Waals surface area contributed by atoms with E-state index in [2.05, 4.69) is 47.5 Å². The Hall–Kier alpha value is -11.3. The van der Waals surface area contributed by atoms with Gasteiger partial charge in [0.15, 0.2) is 0 Å². The molecule has 0 unspecified atom stereocenters. The number of amides is 10. The third-order valence-corrected chi connectivity index (χ3v) is 14.4. The number of aromatic nitrogens is 3. The van der Waals surface area contributed by atoms with Gasteiger partial charge < -0.3 is 89.3 Å². The lowest BCUT2D eigenvalue weighted by Crippen LogP contribution is -2.51. The highest BCUT2D eigenvalue weighted by molar-refractivity contribution is 5.93. The van der Waals surface area contributed by atoms with E-state index in [1.165, 1.54) is 72.8 Å². The second kappa shape index (κ2) is 38.5. The average molecular weight is 1330 g/mol. The number of nitrogens with zero attached hydrogens (tertiary/aromatic N) is 3. The molecule has 0 saturated carbocycles. The number of aliphatic carboxylic acids is 7. The molecule has 0 aliphatic heterocycles. The molecule has 0 aliphatic carbocycles. The first kappa shape index (κ1) is 76.2. The summed E-state index contributed by atoms with van der Waals surface area (Å²) in [7, 11) is 0. The predicted molar refractivity (Wildman–Crippen MR) is 330 cm³/mol. The Morgan fingerprint density at radius 3 is 1.15 bits per heavy atom. The highest BCUT2D eigenvalue weighted by Gasteiger charge is 2.35. The van der Waals surface area contributed by atoms with E-state index in [-0.39, 0.29) is 87.7 Å². The van der Waals surface area contributed by atoms with E-state index in [0.717, 1.165) is 0 Å². The molecule has 4 aromatic rings. The molecule has 3 aromatic carbocycles. The standard InChI is InChI=1S/C60H76FN13O21/c61-28-3-4-40-33-74(73-72-40)29-2-1-5-49(78)71-60(25-22-46(75)63-37-12-6-34(7-13-37)30-43(54(87)88)66-57(62)93,26-23-47(76)64-38-14-8-35(9-15-38)31-44(55(89)90)69-58(94)67-41(52(83)84)18-20-50(79)80)27-24-48(77)65-39-16-10-36(11-17-39)32-45(56(91)92)70-59(95)68-42(53(85)86)19-21-51(81)82/h6-17,33,41-45H,1-5,18-32H2,(H,63,75)(H,64,76)(H,65,77)(H,71,78)(H,79,80)(H,81,82)(H,83,84)(H,85,86)(H,87,88)(H,89,90)(H,91,92)(H3,62,66,93)(H2,67,69,94)(H2,68,70,95)/t41-,42-,43-,44-,45-/m0/s1. The number of benzene rings is 3. The third kappa shape index (κ3) is 29.3. The number of alkyl halides is 1. The van der Waals surface area contributed by atoms with Crippen LogP contribution in [0.2, 0.25) is 0 Å². The fraction of sp³-hybridized carbons (Fsp3) is 0.433. The number of carbonyl (C=O) groups excluding carboxylic acids is 7. The third-order valence-electron chi connectivity index (χ3n) is 14.4. The van der Waals surface area contributed by atoms with E-state index in [0.29, 0.717) is 48.2 Å². The minimum Gasteiger partial charge on any atom is -0.481 e. The fourth-order valence-electron chi connectivity index (χ4n) is 9.44. The molecule has 0 fully saturated rings. The lowest BCUT2D eigenvalue weighted by Gasteiger charge is -2.35. The number of unbranched alkanes of at least 4 members (excludes halogenated alkanes) is 1. The van der Waals surface area contributed by atoms with E-state index in [4.69, 9.17) is 15.9 Å². The molecule has 10 amide bonds. The van der Waals surface area contributed by atoms with Crippen LogP contribution in [0.4, 0.5) is 35.8 Å². The number of hydrogen-bond acceptors (Lipinski definition) is 16. The van der Waals surface area contributed by atoms with Gasteiger partial charge in [-0.2, -0.15) is 0 Å². The summed E-state index contributed by atoms with van der Waals surface area (Å²) in [5.74, 6) is -12.5.